The molecule has 16 heavy (non-hydrogen) atoms. The van der Waals surface area contributed by atoms with Crippen molar-refractivity contribution in [1.82, 2.24) is 0 Å². The van der Waals surface area contributed by atoms with Gasteiger partial charge in [-0.2, -0.15) is 0 Å². The Balaban J connectivity index is 2.41. The number of rotatable bonds is 2. The first-order chi connectivity index (χ1) is 7.50. The summed E-state index contributed by atoms with van der Waals surface area (Å²) in [5.41, 5.74) is 4.33. The van der Waals surface area contributed by atoms with Crippen LogP contribution < -0.4 is 0 Å². The van der Waals surface area contributed by atoms with Gasteiger partial charge in [0.05, 0.1) is 0 Å². The minimum atomic E-state index is 0.181. The maximum atomic E-state index is 2.33. The smallest absolute Gasteiger partial charge is 0.00445 e. The van der Waals surface area contributed by atoms with Crippen LogP contribution in [-0.2, 0) is 5.41 Å². The van der Waals surface area contributed by atoms with Crippen molar-refractivity contribution in [2.45, 2.75) is 33.1 Å². The first-order valence-corrected chi connectivity index (χ1v) is 5.94. The van der Waals surface area contributed by atoms with Crippen LogP contribution in [0.25, 0.3) is 0 Å². The van der Waals surface area contributed by atoms with Gasteiger partial charge in [-0.25, -0.2) is 0 Å². The lowest BCUT2D eigenvalue weighted by Gasteiger charge is -2.30. The van der Waals surface area contributed by atoms with Crippen molar-refractivity contribution in [3.8, 4) is 0 Å². The zero-order chi connectivity index (χ0) is 11.8. The number of hydrogen-bond donors (Lipinski definition) is 0. The monoisotopic (exact) mass is 212 g/mol. The van der Waals surface area contributed by atoms with E-state index in [9.17, 15) is 0 Å². The van der Waals surface area contributed by atoms with Crippen LogP contribution in [0.3, 0.4) is 0 Å². The van der Waals surface area contributed by atoms with Crippen molar-refractivity contribution in [2.75, 3.05) is 0 Å². The Hall–Kier alpha value is -1.30. The number of allylic oxidation sites excluding steroid dienone is 4. The molecular weight excluding hydrogens is 192 g/mol. The summed E-state index contributed by atoms with van der Waals surface area (Å²) in [6.45, 7) is 9.00. The molecule has 0 N–H and O–H groups in total. The molecular formula is C16H20. The van der Waals surface area contributed by atoms with Gasteiger partial charge in [0.1, 0.15) is 0 Å². The average Bonchev–Trinajstić information content (AvgIpc) is 2.69. The minimum absolute atomic E-state index is 0.181. The van der Waals surface area contributed by atoms with Crippen molar-refractivity contribution in [3.63, 3.8) is 0 Å². The predicted molar refractivity (Wildman–Crippen MR) is 70.7 cm³/mol. The average molecular weight is 212 g/mol. The van der Waals surface area contributed by atoms with Crippen molar-refractivity contribution in [1.29, 1.82) is 0 Å². The van der Waals surface area contributed by atoms with E-state index in [-0.39, 0.29) is 5.41 Å². The van der Waals surface area contributed by atoms with Crippen LogP contribution in [0.15, 0.2) is 42.5 Å². The fourth-order valence-corrected chi connectivity index (χ4v) is 2.45. The molecule has 0 fully saturated rings. The summed E-state index contributed by atoms with van der Waals surface area (Å²) in [5, 5.41) is 0. The van der Waals surface area contributed by atoms with Gasteiger partial charge in [-0.1, -0.05) is 67.5 Å². The van der Waals surface area contributed by atoms with Crippen molar-refractivity contribution in [2.24, 2.45) is 5.92 Å². The normalized spacial score (nSPS) is 16.0. The van der Waals surface area contributed by atoms with Crippen molar-refractivity contribution < 1.29 is 0 Å². The molecule has 1 aliphatic carbocycles. The van der Waals surface area contributed by atoms with Crippen LogP contribution in [0.1, 0.15) is 30.5 Å². The van der Waals surface area contributed by atoms with Gasteiger partial charge in [0, 0.05) is 5.92 Å². The Morgan fingerprint density at radius 3 is 1.88 bits per heavy atom. The van der Waals surface area contributed by atoms with Gasteiger partial charge in [0.2, 0.25) is 0 Å². The molecule has 0 bridgehead atoms. The van der Waals surface area contributed by atoms with E-state index in [1.807, 2.05) is 0 Å². The van der Waals surface area contributed by atoms with E-state index < -0.39 is 0 Å². The first kappa shape index (κ1) is 11.2. The quantitative estimate of drug-likeness (QED) is 0.684. The Labute approximate surface area is 98.7 Å². The summed E-state index contributed by atoms with van der Waals surface area (Å²) < 4.78 is 0. The lowest BCUT2D eigenvalue weighted by molar-refractivity contribution is 0.448. The Morgan fingerprint density at radius 2 is 1.38 bits per heavy atom. The third-order valence-corrected chi connectivity index (χ3v) is 3.55. The Morgan fingerprint density at radius 1 is 0.875 bits per heavy atom. The molecule has 0 aromatic heterocycles. The predicted octanol–water partition coefficient (Wildman–Crippen LogP) is 4.32. The van der Waals surface area contributed by atoms with E-state index in [4.69, 9.17) is 0 Å². The molecule has 1 aliphatic rings. The second kappa shape index (κ2) is 3.93. The number of aryl methyl sites for hydroxylation is 2. The van der Waals surface area contributed by atoms with Crippen LogP contribution in [-0.4, -0.2) is 0 Å². The summed E-state index contributed by atoms with van der Waals surface area (Å²) >= 11 is 0. The van der Waals surface area contributed by atoms with Gasteiger partial charge < -0.3 is 0 Å². The highest BCUT2D eigenvalue weighted by Gasteiger charge is 2.28. The largest absolute Gasteiger partial charge is 0.0768 e. The molecule has 1 aromatic carbocycles. The van der Waals surface area contributed by atoms with E-state index in [1.165, 1.54) is 16.7 Å². The fourth-order valence-electron chi connectivity index (χ4n) is 2.45. The molecule has 0 saturated carbocycles. The molecule has 0 heteroatoms. The molecule has 0 radical (unpaired) electrons. The molecule has 1 aromatic rings. The Bertz CT molecular complexity index is 415. The zero-order valence-corrected chi connectivity index (χ0v) is 10.6. The topological polar surface area (TPSA) is 0 Å². The lowest BCUT2D eigenvalue weighted by atomic mass is 9.73. The molecule has 0 spiro atoms. The summed E-state index contributed by atoms with van der Waals surface area (Å²) in [4.78, 5) is 0. The molecule has 0 unspecified atom stereocenters. The standard InChI is InChI=1S/C16H20/c1-12-9-13(2)11-15(10-12)16(3,4)14-7-5-6-8-14/h5-11,14H,1-4H3. The minimum Gasteiger partial charge on any atom is -0.0768 e. The molecule has 0 heterocycles. The van der Waals surface area contributed by atoms with Gasteiger partial charge in [0.15, 0.2) is 0 Å². The molecule has 0 nitrogen and oxygen atoms in total. The third kappa shape index (κ3) is 1.97. The molecule has 2 rings (SSSR count). The van der Waals surface area contributed by atoms with E-state index >= 15 is 0 Å². The Kier molecular flexibility index (Phi) is 2.75. The molecule has 0 saturated heterocycles. The number of hydrogen-bond acceptors (Lipinski definition) is 0. The highest BCUT2D eigenvalue weighted by molar-refractivity contribution is 5.37. The van der Waals surface area contributed by atoms with E-state index in [0.717, 1.165) is 0 Å². The van der Waals surface area contributed by atoms with Crippen molar-refractivity contribution in [3.05, 3.63) is 59.2 Å². The molecule has 84 valence electrons. The lowest BCUT2D eigenvalue weighted by Crippen LogP contribution is -2.25. The van der Waals surface area contributed by atoms with Crippen molar-refractivity contribution >= 4 is 0 Å². The van der Waals surface area contributed by atoms with E-state index in [1.54, 1.807) is 0 Å². The third-order valence-electron chi connectivity index (χ3n) is 3.55. The highest BCUT2D eigenvalue weighted by atomic mass is 14.3. The maximum Gasteiger partial charge on any atom is 0.00445 e. The SMILES string of the molecule is Cc1cc(C)cc(C(C)(C)C2C=CC=C2)c1. The summed E-state index contributed by atoms with van der Waals surface area (Å²) in [5.74, 6) is 0.522. The first-order valence-electron chi connectivity index (χ1n) is 5.94. The summed E-state index contributed by atoms with van der Waals surface area (Å²) in [7, 11) is 0. The van der Waals surface area contributed by atoms with Crippen LogP contribution in [0.5, 0.6) is 0 Å². The van der Waals surface area contributed by atoms with Crippen LogP contribution in [0, 0.1) is 19.8 Å². The second-order valence-corrected chi connectivity index (χ2v) is 5.39. The van der Waals surface area contributed by atoms with Gasteiger partial charge in [-0.05, 0) is 24.8 Å². The van der Waals surface area contributed by atoms with E-state index in [2.05, 4.69) is 70.2 Å². The molecule has 0 atom stereocenters. The van der Waals surface area contributed by atoms with Crippen LogP contribution >= 0.6 is 0 Å². The van der Waals surface area contributed by atoms with E-state index in [0.29, 0.717) is 5.92 Å². The van der Waals surface area contributed by atoms with Gasteiger partial charge in [-0.3, -0.25) is 0 Å². The maximum absolute atomic E-state index is 2.33. The molecule has 0 amide bonds. The zero-order valence-electron chi connectivity index (χ0n) is 10.6. The van der Waals surface area contributed by atoms with Gasteiger partial charge in [0.25, 0.3) is 0 Å². The molecule has 0 aliphatic heterocycles. The second-order valence-electron chi connectivity index (χ2n) is 5.39. The van der Waals surface area contributed by atoms with Crippen LogP contribution in [0.2, 0.25) is 0 Å². The van der Waals surface area contributed by atoms with Crippen LogP contribution in [0.4, 0.5) is 0 Å². The highest BCUT2D eigenvalue weighted by Crippen LogP contribution is 2.36. The fraction of sp³-hybridized carbons (Fsp3) is 0.375. The van der Waals surface area contributed by atoms with Gasteiger partial charge >= 0.3 is 0 Å². The summed E-state index contributed by atoms with van der Waals surface area (Å²) in [6, 6.07) is 6.86. The van der Waals surface area contributed by atoms with Gasteiger partial charge in [-0.15, -0.1) is 0 Å². The summed E-state index contributed by atoms with van der Waals surface area (Å²) in [6.07, 6.45) is 8.87. The number of benzene rings is 1.